The summed E-state index contributed by atoms with van der Waals surface area (Å²) >= 11 is 0. The molecule has 3 atom stereocenters. The fourth-order valence-corrected chi connectivity index (χ4v) is 3.37. The summed E-state index contributed by atoms with van der Waals surface area (Å²) in [7, 11) is -0.232. The minimum Gasteiger partial charge on any atom is -0.426 e. The first-order valence-corrected chi connectivity index (χ1v) is 10.0. The van der Waals surface area contributed by atoms with Crippen LogP contribution in [0.3, 0.4) is 0 Å². The first kappa shape index (κ1) is 23.2. The molecule has 1 aromatic carbocycles. The molecule has 1 saturated heterocycles. The van der Waals surface area contributed by atoms with Crippen LogP contribution in [0.4, 0.5) is 5.69 Å². The molecule has 4 N–H and O–H groups in total. The molecule has 1 heterocycles. The van der Waals surface area contributed by atoms with Crippen LogP contribution in [0.1, 0.15) is 32.3 Å². The quantitative estimate of drug-likeness (QED) is 0.416. The molecule has 0 saturated carbocycles. The van der Waals surface area contributed by atoms with Gasteiger partial charge in [0, 0.05) is 19.3 Å². The Labute approximate surface area is 172 Å². The molecule has 160 valence electrons. The zero-order valence-electron chi connectivity index (χ0n) is 17.6. The lowest BCUT2D eigenvalue weighted by Gasteiger charge is -2.42. The van der Waals surface area contributed by atoms with E-state index in [1.807, 2.05) is 49.9 Å². The average Bonchev–Trinajstić information content (AvgIpc) is 2.61. The summed E-state index contributed by atoms with van der Waals surface area (Å²) in [6.45, 7) is 6.62. The van der Waals surface area contributed by atoms with Crippen LogP contribution < -0.4 is 15.5 Å². The number of hydrogen-bond donors (Lipinski definition) is 4. The minimum atomic E-state index is -1.68. The van der Waals surface area contributed by atoms with E-state index in [9.17, 15) is 19.6 Å². The van der Waals surface area contributed by atoms with Gasteiger partial charge in [-0.3, -0.25) is 9.59 Å². The van der Waals surface area contributed by atoms with Gasteiger partial charge in [0.1, 0.15) is 12.1 Å². The normalized spacial score (nSPS) is 18.0. The maximum Gasteiger partial charge on any atom is 0.475 e. The molecule has 0 spiro atoms. The molecule has 1 fully saturated rings. The summed E-state index contributed by atoms with van der Waals surface area (Å²) in [6.07, 6.45) is 1.10. The van der Waals surface area contributed by atoms with Crippen LogP contribution in [0, 0.1) is 12.8 Å². The van der Waals surface area contributed by atoms with E-state index in [0.29, 0.717) is 12.8 Å². The number of methoxy groups -OCH3 is 1. The summed E-state index contributed by atoms with van der Waals surface area (Å²) in [4.78, 5) is 27.4. The van der Waals surface area contributed by atoms with Crippen molar-refractivity contribution in [2.24, 2.45) is 5.92 Å². The van der Waals surface area contributed by atoms with Crippen LogP contribution in [0.25, 0.3) is 0 Å². The summed E-state index contributed by atoms with van der Waals surface area (Å²) in [5, 5.41) is 24.4. The Hall–Kier alpha value is -2.10. The number of aryl methyl sites for hydroxylation is 1. The number of carbonyl (C=O) groups excluding carboxylic acids is 2. The number of benzene rings is 1. The third kappa shape index (κ3) is 6.45. The van der Waals surface area contributed by atoms with Gasteiger partial charge in [-0.1, -0.05) is 31.5 Å². The zero-order valence-corrected chi connectivity index (χ0v) is 17.6. The molecule has 0 bridgehead atoms. The van der Waals surface area contributed by atoms with E-state index in [0.717, 1.165) is 17.8 Å². The first-order valence-electron chi connectivity index (χ1n) is 10.0. The van der Waals surface area contributed by atoms with Gasteiger partial charge >= 0.3 is 7.12 Å². The van der Waals surface area contributed by atoms with Crippen LogP contribution in [-0.2, 0) is 14.3 Å². The number of hydrogen-bond acceptors (Lipinski definition) is 6. The van der Waals surface area contributed by atoms with E-state index in [1.54, 1.807) is 0 Å². The third-order valence-corrected chi connectivity index (χ3v) is 5.07. The van der Waals surface area contributed by atoms with Gasteiger partial charge < -0.3 is 30.3 Å². The molecule has 0 radical (unpaired) electrons. The van der Waals surface area contributed by atoms with E-state index in [2.05, 4.69) is 10.6 Å². The summed E-state index contributed by atoms with van der Waals surface area (Å²) in [6, 6.07) is 6.69. The first-order chi connectivity index (χ1) is 13.7. The van der Waals surface area contributed by atoms with Crippen LogP contribution in [0.2, 0.25) is 0 Å². The number of rotatable bonds is 10. The van der Waals surface area contributed by atoms with Crippen molar-refractivity contribution in [2.75, 3.05) is 25.2 Å². The third-order valence-electron chi connectivity index (χ3n) is 5.07. The molecular weight excluding hydrogens is 373 g/mol. The van der Waals surface area contributed by atoms with Gasteiger partial charge in [-0.15, -0.1) is 0 Å². The molecule has 2 amide bonds. The zero-order chi connectivity index (χ0) is 21.6. The second-order valence-electron chi connectivity index (χ2n) is 8.01. The number of carbonyl (C=O) groups is 2. The van der Waals surface area contributed by atoms with Crippen LogP contribution >= 0.6 is 0 Å². The Morgan fingerprint density at radius 3 is 2.38 bits per heavy atom. The molecule has 2 rings (SSSR count). The maximum atomic E-state index is 12.8. The van der Waals surface area contributed by atoms with Crippen LogP contribution in [-0.4, -0.2) is 67.3 Å². The van der Waals surface area contributed by atoms with Crippen molar-refractivity contribution in [3.8, 4) is 0 Å². The van der Waals surface area contributed by atoms with E-state index < -0.39 is 25.0 Å². The molecule has 0 aliphatic carbocycles. The minimum absolute atomic E-state index is 0.00918. The number of anilines is 1. The number of nitrogens with one attached hydrogen (secondary N) is 2. The number of ether oxygens (including phenoxy) is 1. The van der Waals surface area contributed by atoms with E-state index in [4.69, 9.17) is 4.74 Å². The second kappa shape index (κ2) is 10.6. The van der Waals surface area contributed by atoms with Crippen molar-refractivity contribution in [1.82, 2.24) is 10.6 Å². The largest absolute Gasteiger partial charge is 0.475 e. The average molecular weight is 405 g/mol. The van der Waals surface area contributed by atoms with Gasteiger partial charge in [0.15, 0.2) is 0 Å². The number of nitrogens with zero attached hydrogens (tertiary/aromatic N) is 1. The second-order valence-corrected chi connectivity index (χ2v) is 8.01. The Balaban J connectivity index is 2.00. The van der Waals surface area contributed by atoms with Crippen molar-refractivity contribution >= 4 is 24.6 Å². The molecule has 1 aliphatic heterocycles. The maximum absolute atomic E-state index is 12.8. The molecule has 29 heavy (non-hydrogen) atoms. The Morgan fingerprint density at radius 2 is 1.90 bits per heavy atom. The van der Waals surface area contributed by atoms with Gasteiger partial charge in [0.2, 0.25) is 11.8 Å². The fraction of sp³-hybridized carbons (Fsp3) is 0.600. The van der Waals surface area contributed by atoms with Gasteiger partial charge in [0.25, 0.3) is 0 Å². The number of amides is 2. The Bertz CT molecular complexity index is 683. The summed E-state index contributed by atoms with van der Waals surface area (Å²) < 4.78 is 5.09. The standard InChI is InChI=1S/C20H32BN3O5/c1-13(2)11-18(21(27)28)23-19(25)16(12-29-4)22-20(26)17-9-10-24(17)15-7-5-14(3)6-8-15/h5-8,13,16-18,27-28H,9-12H2,1-4H3,(H,22,26)(H,23,25)/t16-,17-,18-/m0/s1. The van der Waals surface area contributed by atoms with Gasteiger partial charge in [-0.2, -0.15) is 0 Å². The van der Waals surface area contributed by atoms with Crippen LogP contribution in [0.5, 0.6) is 0 Å². The molecule has 1 aromatic rings. The lowest BCUT2D eigenvalue weighted by atomic mass is 9.75. The Morgan fingerprint density at radius 1 is 1.24 bits per heavy atom. The smallest absolute Gasteiger partial charge is 0.426 e. The summed E-state index contributed by atoms with van der Waals surface area (Å²) in [5.74, 6) is -1.40. The van der Waals surface area contributed by atoms with Gasteiger partial charge in [0.05, 0.1) is 12.5 Å². The predicted molar refractivity (Wildman–Crippen MR) is 112 cm³/mol. The van der Waals surface area contributed by atoms with Crippen molar-refractivity contribution < 1.29 is 24.4 Å². The highest BCUT2D eigenvalue weighted by molar-refractivity contribution is 6.43. The molecule has 8 nitrogen and oxygen atoms in total. The van der Waals surface area contributed by atoms with Gasteiger partial charge in [-0.05, 0) is 37.8 Å². The van der Waals surface area contributed by atoms with Crippen molar-refractivity contribution in [2.45, 2.75) is 51.6 Å². The van der Waals surface area contributed by atoms with Gasteiger partial charge in [-0.25, -0.2) is 0 Å². The molecule has 0 unspecified atom stereocenters. The summed E-state index contributed by atoms with van der Waals surface area (Å²) in [5.41, 5.74) is 2.12. The van der Waals surface area contributed by atoms with E-state index in [1.165, 1.54) is 7.11 Å². The predicted octanol–water partition coefficient (Wildman–Crippen LogP) is 0.248. The van der Waals surface area contributed by atoms with Crippen LogP contribution in [0.15, 0.2) is 24.3 Å². The molecular formula is C20H32BN3O5. The van der Waals surface area contributed by atoms with Crippen molar-refractivity contribution in [3.63, 3.8) is 0 Å². The lowest BCUT2D eigenvalue weighted by molar-refractivity contribution is -0.131. The molecule has 1 aliphatic rings. The highest BCUT2D eigenvalue weighted by Gasteiger charge is 2.37. The SMILES string of the molecule is COC[C@H](NC(=O)[C@@H]1CCN1c1ccc(C)cc1)C(=O)N[C@@H](CC(C)C)B(O)O. The van der Waals surface area contributed by atoms with E-state index in [-0.39, 0.29) is 24.5 Å². The molecule has 9 heteroatoms. The fourth-order valence-electron chi connectivity index (χ4n) is 3.37. The topological polar surface area (TPSA) is 111 Å². The van der Waals surface area contributed by atoms with E-state index >= 15 is 0 Å². The Kier molecular flexibility index (Phi) is 8.49. The van der Waals surface area contributed by atoms with Crippen molar-refractivity contribution in [1.29, 1.82) is 0 Å². The van der Waals surface area contributed by atoms with Crippen molar-refractivity contribution in [3.05, 3.63) is 29.8 Å². The highest BCUT2D eigenvalue weighted by Crippen LogP contribution is 2.26. The highest BCUT2D eigenvalue weighted by atomic mass is 16.5. The lowest BCUT2D eigenvalue weighted by Crippen LogP contribution is -2.61. The molecule has 0 aromatic heterocycles. The monoisotopic (exact) mass is 405 g/mol.